The third-order valence-corrected chi connectivity index (χ3v) is 6.50. The van der Waals surface area contributed by atoms with Crippen LogP contribution in [0.25, 0.3) is 50.6 Å². The molecule has 8 heteroatoms. The van der Waals surface area contributed by atoms with Crippen molar-refractivity contribution in [3.8, 4) is 45.7 Å². The Kier molecular flexibility index (Phi) is 5.72. The largest absolute Gasteiger partial charge is 0.461 e. The highest BCUT2D eigenvalue weighted by molar-refractivity contribution is 6.30. The number of nitriles is 1. The lowest BCUT2D eigenvalue weighted by Crippen LogP contribution is -2.21. The fraction of sp³-hybridized carbons (Fsp3) is 0. The van der Waals surface area contributed by atoms with E-state index in [2.05, 4.69) is 11.1 Å². The first-order chi connectivity index (χ1) is 18.5. The molecule has 0 aliphatic carbocycles. The minimum Gasteiger partial charge on any atom is -0.461 e. The van der Waals surface area contributed by atoms with Gasteiger partial charge in [-0.1, -0.05) is 48.0 Å². The summed E-state index contributed by atoms with van der Waals surface area (Å²) in [7, 11) is 0. The van der Waals surface area contributed by atoms with Crippen LogP contribution in [0.5, 0.6) is 0 Å². The molecule has 2 N–H and O–H groups in total. The Morgan fingerprint density at radius 2 is 1.63 bits per heavy atom. The second kappa shape index (κ2) is 9.36. The van der Waals surface area contributed by atoms with Gasteiger partial charge in [0, 0.05) is 16.1 Å². The highest BCUT2D eigenvalue weighted by Gasteiger charge is 2.17. The lowest BCUT2D eigenvalue weighted by molar-refractivity contribution is 0.574. The summed E-state index contributed by atoms with van der Waals surface area (Å²) in [4.78, 5) is 22.7. The first-order valence-electron chi connectivity index (χ1n) is 11.7. The Bertz CT molecular complexity index is 1900. The molecule has 182 valence electrons. The number of nitrogens with two attached hydrogens (primary N) is 1. The molecule has 0 saturated heterocycles. The maximum absolute atomic E-state index is 13.6. The number of anilines is 1. The monoisotopic (exact) mass is 515 g/mol. The Hall–Kier alpha value is -5.19. The summed E-state index contributed by atoms with van der Waals surface area (Å²) in [6, 6.07) is 29.2. The number of rotatable bonds is 4. The molecule has 0 aliphatic rings. The zero-order valence-electron chi connectivity index (χ0n) is 19.8. The van der Waals surface area contributed by atoms with Crippen molar-refractivity contribution in [1.29, 1.82) is 5.26 Å². The lowest BCUT2D eigenvalue weighted by Gasteiger charge is -2.14. The van der Waals surface area contributed by atoms with Crippen molar-refractivity contribution in [1.82, 2.24) is 14.5 Å². The van der Waals surface area contributed by atoms with E-state index in [1.54, 1.807) is 42.7 Å². The van der Waals surface area contributed by atoms with Crippen LogP contribution in [0.2, 0.25) is 5.02 Å². The average molecular weight is 516 g/mol. The summed E-state index contributed by atoms with van der Waals surface area (Å²) in [5.41, 5.74) is 10.3. The van der Waals surface area contributed by atoms with Gasteiger partial charge in [-0.25, -0.2) is 9.97 Å². The maximum atomic E-state index is 13.6. The van der Waals surface area contributed by atoms with Crippen LogP contribution < -0.4 is 11.3 Å². The average Bonchev–Trinajstić information content (AvgIpc) is 3.48. The van der Waals surface area contributed by atoms with Gasteiger partial charge in [0.15, 0.2) is 11.6 Å². The second-order valence-corrected chi connectivity index (χ2v) is 8.99. The normalized spacial score (nSPS) is 10.9. The number of aromatic nitrogens is 3. The number of hydrogen-bond acceptors (Lipinski definition) is 6. The molecule has 0 amide bonds. The first kappa shape index (κ1) is 23.2. The van der Waals surface area contributed by atoms with Crippen molar-refractivity contribution >= 4 is 28.3 Å². The molecule has 0 bridgehead atoms. The Morgan fingerprint density at radius 3 is 2.34 bits per heavy atom. The van der Waals surface area contributed by atoms with Gasteiger partial charge in [-0.05, 0) is 60.2 Å². The van der Waals surface area contributed by atoms with Gasteiger partial charge in [-0.15, -0.1) is 0 Å². The molecule has 3 aromatic heterocycles. The van der Waals surface area contributed by atoms with E-state index in [1.807, 2.05) is 54.6 Å². The number of halogens is 1. The molecule has 0 radical (unpaired) electrons. The van der Waals surface area contributed by atoms with Gasteiger partial charge in [0.25, 0.3) is 5.56 Å². The van der Waals surface area contributed by atoms with Crippen LogP contribution in [-0.4, -0.2) is 14.5 Å². The number of furan rings is 1. The number of para-hydroxylation sites is 1. The molecule has 0 saturated carbocycles. The highest BCUT2D eigenvalue weighted by atomic mass is 35.5. The summed E-state index contributed by atoms with van der Waals surface area (Å²) >= 11 is 6.05. The zero-order valence-corrected chi connectivity index (χ0v) is 20.6. The van der Waals surface area contributed by atoms with Crippen molar-refractivity contribution in [2.24, 2.45) is 0 Å². The van der Waals surface area contributed by atoms with Crippen LogP contribution in [0.4, 0.5) is 5.82 Å². The molecule has 3 aromatic carbocycles. The standard InChI is InChI=1S/C30H18ClN5O2/c31-20-11-7-18(8-12-20)23-16-26(34-28(33)24(23)17-32)19-9-13-21(14-10-19)36-29(27-6-3-15-38-27)35-25-5-2-1-4-22(25)30(36)37/h1-16H,(H2,33,34). The van der Waals surface area contributed by atoms with E-state index >= 15 is 0 Å². The topological polar surface area (TPSA) is 111 Å². The van der Waals surface area contributed by atoms with Crippen molar-refractivity contribution < 1.29 is 4.42 Å². The van der Waals surface area contributed by atoms with Gasteiger partial charge in [-0.2, -0.15) is 5.26 Å². The van der Waals surface area contributed by atoms with Crippen molar-refractivity contribution in [2.45, 2.75) is 0 Å². The Morgan fingerprint density at radius 1 is 0.895 bits per heavy atom. The van der Waals surface area contributed by atoms with Crippen LogP contribution in [-0.2, 0) is 0 Å². The van der Waals surface area contributed by atoms with Gasteiger partial charge < -0.3 is 10.2 Å². The van der Waals surface area contributed by atoms with Gasteiger partial charge in [-0.3, -0.25) is 9.36 Å². The molecule has 7 nitrogen and oxygen atoms in total. The maximum Gasteiger partial charge on any atom is 0.266 e. The number of nitrogen functional groups attached to an aromatic ring is 1. The van der Waals surface area contributed by atoms with E-state index in [1.165, 1.54) is 4.57 Å². The lowest BCUT2D eigenvalue weighted by atomic mass is 9.98. The van der Waals surface area contributed by atoms with Crippen LogP contribution in [0.1, 0.15) is 5.56 Å². The number of fused-ring (bicyclic) bond motifs is 1. The fourth-order valence-electron chi connectivity index (χ4n) is 4.41. The summed E-state index contributed by atoms with van der Waals surface area (Å²) in [5.74, 6) is 1.01. The van der Waals surface area contributed by atoms with E-state index < -0.39 is 0 Å². The summed E-state index contributed by atoms with van der Waals surface area (Å²) < 4.78 is 7.13. The molecule has 0 atom stereocenters. The predicted molar refractivity (Wildman–Crippen MR) is 148 cm³/mol. The van der Waals surface area contributed by atoms with Crippen LogP contribution in [0.3, 0.4) is 0 Å². The molecular formula is C30H18ClN5O2. The van der Waals surface area contributed by atoms with Gasteiger partial charge in [0.1, 0.15) is 17.5 Å². The number of pyridine rings is 1. The Balaban J connectivity index is 1.48. The predicted octanol–water partition coefficient (Wildman–Crippen LogP) is 6.48. The highest BCUT2D eigenvalue weighted by Crippen LogP contribution is 2.32. The molecule has 0 aliphatic heterocycles. The van der Waals surface area contributed by atoms with Crippen molar-refractivity contribution in [3.05, 3.63) is 118 Å². The third kappa shape index (κ3) is 3.99. The number of benzene rings is 3. The molecular weight excluding hydrogens is 498 g/mol. The molecule has 0 fully saturated rings. The van der Waals surface area contributed by atoms with Crippen molar-refractivity contribution in [2.75, 3.05) is 5.73 Å². The summed E-state index contributed by atoms with van der Waals surface area (Å²) in [5, 5.41) is 10.8. The van der Waals surface area contributed by atoms with E-state index in [4.69, 9.17) is 26.7 Å². The molecule has 38 heavy (non-hydrogen) atoms. The smallest absolute Gasteiger partial charge is 0.266 e. The van der Waals surface area contributed by atoms with Gasteiger partial charge >= 0.3 is 0 Å². The van der Waals surface area contributed by atoms with Crippen LogP contribution in [0, 0.1) is 11.3 Å². The van der Waals surface area contributed by atoms with E-state index in [-0.39, 0.29) is 11.4 Å². The first-order valence-corrected chi connectivity index (χ1v) is 12.0. The van der Waals surface area contributed by atoms with E-state index in [9.17, 15) is 10.1 Å². The zero-order chi connectivity index (χ0) is 26.2. The molecule has 6 aromatic rings. The molecule has 6 rings (SSSR count). The number of nitrogens with zero attached hydrogens (tertiary/aromatic N) is 4. The molecule has 3 heterocycles. The minimum absolute atomic E-state index is 0.133. The van der Waals surface area contributed by atoms with Crippen LogP contribution >= 0.6 is 11.6 Å². The summed E-state index contributed by atoms with van der Waals surface area (Å²) in [6.07, 6.45) is 1.55. The summed E-state index contributed by atoms with van der Waals surface area (Å²) in [6.45, 7) is 0. The third-order valence-electron chi connectivity index (χ3n) is 6.25. The Labute approximate surface area is 222 Å². The van der Waals surface area contributed by atoms with Gasteiger partial charge in [0.05, 0.1) is 28.5 Å². The second-order valence-electron chi connectivity index (χ2n) is 8.55. The molecule has 0 unspecified atom stereocenters. The van der Waals surface area contributed by atoms with Gasteiger partial charge in [0.2, 0.25) is 0 Å². The van der Waals surface area contributed by atoms with Crippen LogP contribution in [0.15, 0.2) is 106 Å². The number of hydrogen-bond donors (Lipinski definition) is 1. The fourth-order valence-corrected chi connectivity index (χ4v) is 4.54. The van der Waals surface area contributed by atoms with E-state index in [0.717, 1.165) is 11.1 Å². The van der Waals surface area contributed by atoms with Crippen molar-refractivity contribution in [3.63, 3.8) is 0 Å². The van der Waals surface area contributed by atoms with E-state index in [0.29, 0.717) is 50.0 Å². The quantitative estimate of drug-likeness (QED) is 0.287. The molecule has 0 spiro atoms. The minimum atomic E-state index is -0.208. The SMILES string of the molecule is N#Cc1c(-c2ccc(Cl)cc2)cc(-c2ccc(-n3c(-c4ccco4)nc4ccccc4c3=O)cc2)nc1N.